The molecule has 0 radical (unpaired) electrons. The Labute approximate surface area is 133 Å². The van der Waals surface area contributed by atoms with Gasteiger partial charge in [-0.05, 0) is 33.8 Å². The normalized spacial score (nSPS) is 20.9. The number of amides is 4. The minimum atomic E-state index is -1.42. The van der Waals surface area contributed by atoms with Crippen molar-refractivity contribution >= 4 is 18.0 Å². The van der Waals surface area contributed by atoms with Gasteiger partial charge in [0.15, 0.2) is 5.54 Å². The Morgan fingerprint density at radius 1 is 1.43 bits per heavy atom. The predicted octanol–water partition coefficient (Wildman–Crippen LogP) is 0.462. The van der Waals surface area contributed by atoms with Gasteiger partial charge in [-0.2, -0.15) is 5.10 Å². The summed E-state index contributed by atoms with van der Waals surface area (Å²) in [4.78, 5) is 35.8. The van der Waals surface area contributed by atoms with Crippen LogP contribution >= 0.6 is 0 Å². The fourth-order valence-electron chi connectivity index (χ4n) is 2.35. The van der Waals surface area contributed by atoms with Crippen LogP contribution in [0.1, 0.15) is 33.4 Å². The summed E-state index contributed by atoms with van der Waals surface area (Å²) in [6.45, 7) is 7.43. The molecule has 1 saturated heterocycles. The number of aryl methyl sites for hydroxylation is 1. The molecule has 1 unspecified atom stereocenters. The summed E-state index contributed by atoms with van der Waals surface area (Å²) in [5.74, 6) is -0.547. The van der Waals surface area contributed by atoms with Crippen molar-refractivity contribution in [1.29, 1.82) is 0 Å². The summed E-state index contributed by atoms with van der Waals surface area (Å²) in [6, 6.07) is 1.01. The maximum atomic E-state index is 12.3. The third-order valence-corrected chi connectivity index (χ3v) is 3.29. The minimum absolute atomic E-state index is 0.148. The number of rotatable bonds is 4. The summed E-state index contributed by atoms with van der Waals surface area (Å²) in [6.07, 6.45) is 0.861. The molecule has 0 bridgehead atoms. The zero-order chi connectivity index (χ0) is 17.3. The molecule has 1 aliphatic heterocycles. The first kappa shape index (κ1) is 16.8. The Balaban J connectivity index is 2.25. The zero-order valence-electron chi connectivity index (χ0n) is 13.6. The summed E-state index contributed by atoms with van der Waals surface area (Å²) in [7, 11) is 0. The van der Waals surface area contributed by atoms with Gasteiger partial charge in [0.2, 0.25) is 0 Å². The molecule has 1 aromatic heterocycles. The number of alkyl carbamates (subject to hydrolysis) is 1. The highest BCUT2D eigenvalue weighted by Crippen LogP contribution is 2.24. The molecule has 1 aliphatic rings. The molecule has 1 atom stereocenters. The van der Waals surface area contributed by atoms with E-state index >= 15 is 0 Å². The summed E-state index contributed by atoms with van der Waals surface area (Å²) >= 11 is 0. The lowest BCUT2D eigenvalue weighted by molar-refractivity contribution is -0.124. The second-order valence-electron chi connectivity index (χ2n) is 6.20. The minimum Gasteiger partial charge on any atom is -0.444 e. The second kappa shape index (κ2) is 5.90. The molecule has 126 valence electrons. The maximum Gasteiger partial charge on any atom is 0.407 e. The van der Waals surface area contributed by atoms with Crippen LogP contribution in [-0.4, -0.2) is 40.0 Å². The molecule has 1 fully saturated rings. The Hall–Kier alpha value is -2.58. The van der Waals surface area contributed by atoms with Crippen LogP contribution in [0.3, 0.4) is 0 Å². The van der Waals surface area contributed by atoms with E-state index in [4.69, 9.17) is 4.74 Å². The molecular weight excluding hydrogens is 302 g/mol. The van der Waals surface area contributed by atoms with Crippen molar-refractivity contribution in [3.05, 3.63) is 18.0 Å². The summed E-state index contributed by atoms with van der Waals surface area (Å²) in [5.41, 5.74) is -1.59. The Morgan fingerprint density at radius 3 is 2.65 bits per heavy atom. The van der Waals surface area contributed by atoms with Crippen LogP contribution in [0, 0.1) is 0 Å². The number of nitrogens with one attached hydrogen (secondary N) is 3. The summed E-state index contributed by atoms with van der Waals surface area (Å²) in [5, 5.41) is 11.4. The van der Waals surface area contributed by atoms with Gasteiger partial charge in [-0.3, -0.25) is 14.8 Å². The number of ether oxygens (including phenoxy) is 1. The van der Waals surface area contributed by atoms with E-state index in [2.05, 4.69) is 21.0 Å². The molecule has 23 heavy (non-hydrogen) atoms. The van der Waals surface area contributed by atoms with E-state index in [9.17, 15) is 14.4 Å². The molecule has 3 N–H and O–H groups in total. The van der Waals surface area contributed by atoms with E-state index in [0.29, 0.717) is 12.2 Å². The highest BCUT2D eigenvalue weighted by molar-refractivity contribution is 6.07. The lowest BCUT2D eigenvalue weighted by atomic mass is 9.95. The van der Waals surface area contributed by atoms with Crippen LogP contribution in [0.25, 0.3) is 0 Å². The van der Waals surface area contributed by atoms with Gasteiger partial charge in [0, 0.05) is 12.7 Å². The first-order chi connectivity index (χ1) is 10.7. The van der Waals surface area contributed by atoms with Crippen molar-refractivity contribution in [1.82, 2.24) is 25.7 Å². The number of aromatic nitrogens is 2. The maximum absolute atomic E-state index is 12.3. The van der Waals surface area contributed by atoms with Gasteiger partial charge in [0.25, 0.3) is 5.91 Å². The van der Waals surface area contributed by atoms with Crippen LogP contribution in [0.5, 0.6) is 0 Å². The number of carbonyl (C=O) groups is 3. The lowest BCUT2D eigenvalue weighted by Crippen LogP contribution is -2.54. The molecule has 0 aromatic carbocycles. The third kappa shape index (κ3) is 3.43. The molecule has 0 saturated carbocycles. The van der Waals surface area contributed by atoms with Gasteiger partial charge in [-0.15, -0.1) is 0 Å². The van der Waals surface area contributed by atoms with Crippen LogP contribution < -0.4 is 16.0 Å². The van der Waals surface area contributed by atoms with Crippen LogP contribution in [-0.2, 0) is 21.6 Å². The van der Waals surface area contributed by atoms with Gasteiger partial charge >= 0.3 is 12.1 Å². The first-order valence-corrected chi connectivity index (χ1v) is 7.30. The molecule has 4 amide bonds. The van der Waals surface area contributed by atoms with Gasteiger partial charge in [-0.25, -0.2) is 9.59 Å². The fourth-order valence-corrected chi connectivity index (χ4v) is 2.35. The average molecular weight is 323 g/mol. The zero-order valence-corrected chi connectivity index (χ0v) is 13.6. The van der Waals surface area contributed by atoms with Gasteiger partial charge < -0.3 is 15.4 Å². The molecule has 2 heterocycles. The van der Waals surface area contributed by atoms with Gasteiger partial charge in [-0.1, -0.05) is 0 Å². The molecule has 1 aromatic rings. The van der Waals surface area contributed by atoms with Crippen LogP contribution in [0.2, 0.25) is 0 Å². The van der Waals surface area contributed by atoms with E-state index in [1.54, 1.807) is 31.5 Å². The first-order valence-electron chi connectivity index (χ1n) is 7.30. The molecule has 0 spiro atoms. The van der Waals surface area contributed by atoms with Gasteiger partial charge in [0.1, 0.15) is 5.60 Å². The van der Waals surface area contributed by atoms with Crippen molar-refractivity contribution in [2.75, 3.05) is 6.54 Å². The number of nitrogens with zero attached hydrogens (tertiary/aromatic N) is 2. The topological polar surface area (TPSA) is 114 Å². The van der Waals surface area contributed by atoms with E-state index in [-0.39, 0.29) is 6.54 Å². The molecule has 2 rings (SSSR count). The Kier molecular flexibility index (Phi) is 4.31. The van der Waals surface area contributed by atoms with E-state index < -0.39 is 29.2 Å². The van der Waals surface area contributed by atoms with Crippen molar-refractivity contribution in [3.63, 3.8) is 0 Å². The number of urea groups is 1. The van der Waals surface area contributed by atoms with Crippen molar-refractivity contribution in [3.8, 4) is 0 Å². The monoisotopic (exact) mass is 323 g/mol. The Bertz CT molecular complexity index is 633. The smallest absolute Gasteiger partial charge is 0.407 e. The number of hydrogen-bond acceptors (Lipinski definition) is 5. The van der Waals surface area contributed by atoms with Crippen molar-refractivity contribution in [2.24, 2.45) is 0 Å². The Morgan fingerprint density at radius 2 is 2.13 bits per heavy atom. The van der Waals surface area contributed by atoms with E-state index in [1.165, 1.54) is 6.20 Å². The standard InChI is InChI=1S/C14H21N5O4/c1-5-19-9(6-7-16-19)14(10(20)17-11(21)18-14)8-15-12(22)23-13(2,3)4/h6-7H,5,8H2,1-4H3,(H,15,22)(H2,17,18,20,21). The van der Waals surface area contributed by atoms with Gasteiger partial charge in [0.05, 0.1) is 12.2 Å². The molecule has 9 nitrogen and oxygen atoms in total. The predicted molar refractivity (Wildman–Crippen MR) is 80.5 cm³/mol. The fraction of sp³-hybridized carbons (Fsp3) is 0.571. The lowest BCUT2D eigenvalue weighted by Gasteiger charge is -2.28. The van der Waals surface area contributed by atoms with E-state index in [0.717, 1.165) is 0 Å². The second-order valence-corrected chi connectivity index (χ2v) is 6.20. The number of hydrogen-bond donors (Lipinski definition) is 3. The average Bonchev–Trinajstić information content (AvgIpc) is 2.99. The van der Waals surface area contributed by atoms with Crippen molar-refractivity contribution < 1.29 is 19.1 Å². The molecular formula is C14H21N5O4. The van der Waals surface area contributed by atoms with Crippen molar-refractivity contribution in [2.45, 2.75) is 45.4 Å². The van der Waals surface area contributed by atoms with Crippen LogP contribution in [0.15, 0.2) is 12.3 Å². The molecule has 0 aliphatic carbocycles. The SMILES string of the molecule is CCn1nccc1C1(CNC(=O)OC(C)(C)C)NC(=O)NC1=O. The molecule has 9 heteroatoms. The third-order valence-electron chi connectivity index (χ3n) is 3.29. The highest BCUT2D eigenvalue weighted by Gasteiger charge is 2.50. The largest absolute Gasteiger partial charge is 0.444 e. The summed E-state index contributed by atoms with van der Waals surface area (Å²) < 4.78 is 6.75. The quantitative estimate of drug-likeness (QED) is 0.697. The highest BCUT2D eigenvalue weighted by atomic mass is 16.6. The van der Waals surface area contributed by atoms with E-state index in [1.807, 2.05) is 6.92 Å². The number of imide groups is 1. The van der Waals surface area contributed by atoms with Crippen LogP contribution in [0.4, 0.5) is 9.59 Å². The number of carbonyl (C=O) groups excluding carboxylic acids is 3.